The summed E-state index contributed by atoms with van der Waals surface area (Å²) in [5.74, 6) is 0.428. The molecule has 112 valence electrons. The average Bonchev–Trinajstić information content (AvgIpc) is 2.49. The van der Waals surface area contributed by atoms with Gasteiger partial charge in [-0.2, -0.15) is 5.26 Å². The second kappa shape index (κ2) is 6.10. The summed E-state index contributed by atoms with van der Waals surface area (Å²) in [4.78, 5) is 10.3. The summed E-state index contributed by atoms with van der Waals surface area (Å²) in [5.41, 5.74) is 6.42. The minimum absolute atomic E-state index is 0.0700. The van der Waals surface area contributed by atoms with Crippen molar-refractivity contribution >= 4 is 11.4 Å². The number of nitro groups is 1. The fourth-order valence-corrected chi connectivity index (χ4v) is 3.10. The van der Waals surface area contributed by atoms with Crippen molar-refractivity contribution in [3.8, 4) is 6.07 Å². The molecule has 1 aliphatic carbocycles. The van der Waals surface area contributed by atoms with Crippen LogP contribution in [0.4, 0.5) is 11.4 Å². The summed E-state index contributed by atoms with van der Waals surface area (Å²) >= 11 is 0. The van der Waals surface area contributed by atoms with Crippen LogP contribution in [0.3, 0.4) is 0 Å². The number of benzene rings is 1. The highest BCUT2D eigenvalue weighted by Gasteiger charge is 2.37. The molecule has 6 nitrogen and oxygen atoms in total. The van der Waals surface area contributed by atoms with Crippen molar-refractivity contribution in [3.05, 3.63) is 33.9 Å². The smallest absolute Gasteiger partial charge is 0.287 e. The van der Waals surface area contributed by atoms with Crippen LogP contribution >= 0.6 is 0 Å². The van der Waals surface area contributed by atoms with Crippen LogP contribution in [-0.2, 0) is 0 Å². The first-order valence-electron chi connectivity index (χ1n) is 7.19. The summed E-state index contributed by atoms with van der Waals surface area (Å²) in [6.07, 6.45) is 4.41. The molecule has 0 saturated heterocycles. The number of nitrogens with one attached hydrogen (secondary N) is 1. The molecule has 1 aliphatic rings. The number of nitrogens with zero attached hydrogens (tertiary/aromatic N) is 2. The van der Waals surface area contributed by atoms with E-state index in [9.17, 15) is 10.1 Å². The van der Waals surface area contributed by atoms with Crippen molar-refractivity contribution in [2.75, 3.05) is 11.9 Å². The molecule has 2 unspecified atom stereocenters. The van der Waals surface area contributed by atoms with Gasteiger partial charge in [-0.05, 0) is 30.9 Å². The van der Waals surface area contributed by atoms with Crippen molar-refractivity contribution in [2.24, 2.45) is 11.7 Å². The quantitative estimate of drug-likeness (QED) is 0.654. The zero-order valence-electron chi connectivity index (χ0n) is 12.1. The summed E-state index contributed by atoms with van der Waals surface area (Å²) in [6, 6.07) is 6.45. The monoisotopic (exact) mass is 288 g/mol. The Bertz CT molecular complexity index is 582. The number of hydrogen-bond donors (Lipinski definition) is 2. The molecule has 1 aromatic carbocycles. The highest BCUT2D eigenvalue weighted by atomic mass is 16.6. The normalized spacial score (nSPS) is 25.1. The second-order valence-electron chi connectivity index (χ2n) is 5.73. The molecule has 2 atom stereocenters. The lowest BCUT2D eigenvalue weighted by molar-refractivity contribution is -0.385. The Balaban J connectivity index is 2.30. The Morgan fingerprint density at radius 1 is 1.57 bits per heavy atom. The van der Waals surface area contributed by atoms with E-state index in [1.165, 1.54) is 18.6 Å². The van der Waals surface area contributed by atoms with E-state index < -0.39 is 4.92 Å². The third kappa shape index (κ3) is 2.98. The Kier molecular flexibility index (Phi) is 4.43. The Labute approximate surface area is 124 Å². The molecule has 0 radical (unpaired) electrons. The van der Waals surface area contributed by atoms with E-state index in [0.717, 1.165) is 24.9 Å². The van der Waals surface area contributed by atoms with Crippen LogP contribution in [0.5, 0.6) is 0 Å². The minimum atomic E-state index is -0.537. The molecule has 0 aromatic heterocycles. The maximum absolute atomic E-state index is 10.9. The first-order chi connectivity index (χ1) is 10.0. The van der Waals surface area contributed by atoms with Crippen molar-refractivity contribution in [1.82, 2.24) is 0 Å². The fraction of sp³-hybridized carbons (Fsp3) is 0.533. The van der Waals surface area contributed by atoms with Gasteiger partial charge >= 0.3 is 0 Å². The summed E-state index contributed by atoms with van der Waals surface area (Å²) in [6.45, 7) is 2.68. The first-order valence-corrected chi connectivity index (χ1v) is 7.19. The minimum Gasteiger partial charge on any atom is -0.378 e. The van der Waals surface area contributed by atoms with Gasteiger partial charge in [-0.3, -0.25) is 10.1 Å². The summed E-state index contributed by atoms with van der Waals surface area (Å²) < 4.78 is 0. The van der Waals surface area contributed by atoms with Gasteiger partial charge in [0.15, 0.2) is 0 Å². The lowest BCUT2D eigenvalue weighted by atomic mass is 9.73. The molecule has 3 N–H and O–H groups in total. The van der Waals surface area contributed by atoms with Crippen molar-refractivity contribution < 1.29 is 4.92 Å². The zero-order chi connectivity index (χ0) is 15.5. The van der Waals surface area contributed by atoms with Crippen LogP contribution in [0.25, 0.3) is 0 Å². The van der Waals surface area contributed by atoms with E-state index in [-0.39, 0.29) is 16.8 Å². The van der Waals surface area contributed by atoms with E-state index in [2.05, 4.69) is 12.2 Å². The number of nitro benzene ring substituents is 1. The molecule has 0 aliphatic heterocycles. The maximum atomic E-state index is 10.9. The van der Waals surface area contributed by atoms with Gasteiger partial charge in [-0.15, -0.1) is 0 Å². The molecule has 2 rings (SSSR count). The molecular weight excluding hydrogens is 268 g/mol. The Morgan fingerprint density at radius 2 is 2.33 bits per heavy atom. The molecule has 6 heteroatoms. The van der Waals surface area contributed by atoms with Crippen molar-refractivity contribution in [2.45, 2.75) is 38.1 Å². The standard InChI is InChI=1S/C15H20N4O2/c1-11-4-2-3-7-15(11,10-17)18-13-5-6-14(19(20)21)12(8-13)9-16/h5-6,8,11,18H,2-4,7,10,17H2,1H3. The molecule has 0 heterocycles. The third-order valence-electron chi connectivity index (χ3n) is 4.52. The molecule has 1 fully saturated rings. The molecule has 21 heavy (non-hydrogen) atoms. The molecule has 0 bridgehead atoms. The van der Waals surface area contributed by atoms with Gasteiger partial charge in [0.25, 0.3) is 5.69 Å². The summed E-state index contributed by atoms with van der Waals surface area (Å²) in [7, 11) is 0. The van der Waals surface area contributed by atoms with Gasteiger partial charge < -0.3 is 11.1 Å². The Morgan fingerprint density at radius 3 is 2.90 bits per heavy atom. The van der Waals surface area contributed by atoms with Gasteiger partial charge in [0.1, 0.15) is 11.6 Å². The lowest BCUT2D eigenvalue weighted by Gasteiger charge is -2.43. The van der Waals surface area contributed by atoms with Gasteiger partial charge in [0, 0.05) is 18.3 Å². The van der Waals surface area contributed by atoms with E-state index in [1.807, 2.05) is 6.07 Å². The van der Waals surface area contributed by atoms with Gasteiger partial charge in [0.2, 0.25) is 0 Å². The lowest BCUT2D eigenvalue weighted by Crippen LogP contribution is -2.52. The van der Waals surface area contributed by atoms with Crippen LogP contribution in [-0.4, -0.2) is 17.0 Å². The van der Waals surface area contributed by atoms with Crippen molar-refractivity contribution in [3.63, 3.8) is 0 Å². The number of anilines is 1. The number of hydrogen-bond acceptors (Lipinski definition) is 5. The largest absolute Gasteiger partial charge is 0.378 e. The number of rotatable bonds is 4. The van der Waals surface area contributed by atoms with Crippen LogP contribution in [0.15, 0.2) is 18.2 Å². The van der Waals surface area contributed by atoms with Crippen LogP contribution in [0, 0.1) is 27.4 Å². The maximum Gasteiger partial charge on any atom is 0.287 e. The molecule has 1 saturated carbocycles. The van der Waals surface area contributed by atoms with Crippen LogP contribution in [0.1, 0.15) is 38.2 Å². The van der Waals surface area contributed by atoms with E-state index in [0.29, 0.717) is 12.5 Å². The molecule has 0 spiro atoms. The first kappa shape index (κ1) is 15.3. The van der Waals surface area contributed by atoms with Gasteiger partial charge in [-0.25, -0.2) is 0 Å². The highest BCUT2D eigenvalue weighted by molar-refractivity contribution is 5.59. The van der Waals surface area contributed by atoms with Crippen molar-refractivity contribution in [1.29, 1.82) is 5.26 Å². The molecule has 0 amide bonds. The highest BCUT2D eigenvalue weighted by Crippen LogP contribution is 2.36. The van der Waals surface area contributed by atoms with Crippen LogP contribution in [0.2, 0.25) is 0 Å². The van der Waals surface area contributed by atoms with E-state index >= 15 is 0 Å². The number of nitriles is 1. The van der Waals surface area contributed by atoms with Crippen LogP contribution < -0.4 is 11.1 Å². The topological polar surface area (TPSA) is 105 Å². The molecular formula is C15H20N4O2. The predicted octanol–water partition coefficient (Wildman–Crippen LogP) is 2.79. The zero-order valence-corrected chi connectivity index (χ0v) is 12.1. The summed E-state index contributed by atoms with van der Waals surface area (Å²) in [5, 5.41) is 23.4. The Hall–Kier alpha value is -2.13. The predicted molar refractivity (Wildman–Crippen MR) is 80.9 cm³/mol. The van der Waals surface area contributed by atoms with Gasteiger partial charge in [-0.1, -0.05) is 19.8 Å². The van der Waals surface area contributed by atoms with E-state index in [4.69, 9.17) is 11.0 Å². The SMILES string of the molecule is CC1CCCCC1(CN)Nc1ccc([N+](=O)[O-])c(C#N)c1. The van der Waals surface area contributed by atoms with Gasteiger partial charge in [0.05, 0.1) is 10.5 Å². The third-order valence-corrected chi connectivity index (χ3v) is 4.52. The molecule has 1 aromatic rings. The average molecular weight is 288 g/mol. The number of nitrogens with two attached hydrogens (primary N) is 1. The fourth-order valence-electron chi connectivity index (χ4n) is 3.10. The van der Waals surface area contributed by atoms with E-state index in [1.54, 1.807) is 6.07 Å². The second-order valence-corrected chi connectivity index (χ2v) is 5.73.